The van der Waals surface area contributed by atoms with E-state index in [2.05, 4.69) is 5.32 Å². The van der Waals surface area contributed by atoms with Gasteiger partial charge in [0.15, 0.2) is 0 Å². The molecule has 1 saturated heterocycles. The molecule has 1 fully saturated rings. The summed E-state index contributed by atoms with van der Waals surface area (Å²) >= 11 is 0. The Labute approximate surface area is 146 Å². The van der Waals surface area contributed by atoms with Crippen molar-refractivity contribution in [2.45, 2.75) is 32.8 Å². The van der Waals surface area contributed by atoms with Gasteiger partial charge in [-0.1, -0.05) is 12.1 Å². The standard InChI is InChI=1S/C19H22N2O4/c1-13-4-3-5-15(10-13)20-19(23)21-8-6-16(7-9-21)25-17-11-14(2)24-18(22)12-17/h3-5,10-12,16H,6-9H2,1-2H3,(H,20,23). The minimum Gasteiger partial charge on any atom is -0.490 e. The van der Waals surface area contributed by atoms with Crippen molar-refractivity contribution in [2.24, 2.45) is 0 Å². The molecule has 0 atom stereocenters. The number of piperidine rings is 1. The lowest BCUT2D eigenvalue weighted by Crippen LogP contribution is -2.43. The van der Waals surface area contributed by atoms with E-state index in [-0.39, 0.29) is 12.1 Å². The van der Waals surface area contributed by atoms with Gasteiger partial charge in [-0.05, 0) is 31.5 Å². The van der Waals surface area contributed by atoms with Crippen molar-refractivity contribution in [1.82, 2.24) is 4.90 Å². The Kier molecular flexibility index (Phi) is 5.07. The van der Waals surface area contributed by atoms with Gasteiger partial charge in [0.1, 0.15) is 17.6 Å². The molecule has 0 saturated carbocycles. The second-order valence-electron chi connectivity index (χ2n) is 6.33. The summed E-state index contributed by atoms with van der Waals surface area (Å²) < 4.78 is 10.8. The predicted octanol–water partition coefficient (Wildman–Crippen LogP) is 3.33. The lowest BCUT2D eigenvalue weighted by molar-refractivity contribution is 0.115. The minimum atomic E-state index is -0.412. The number of rotatable bonds is 3. The SMILES string of the molecule is Cc1cccc(NC(=O)N2CCC(Oc3cc(C)oc(=O)c3)CC2)c1. The number of amides is 2. The number of nitrogens with zero attached hydrogens (tertiary/aromatic N) is 1. The fraction of sp³-hybridized carbons (Fsp3) is 0.368. The highest BCUT2D eigenvalue weighted by molar-refractivity contribution is 5.89. The van der Waals surface area contributed by atoms with Crippen molar-refractivity contribution in [1.29, 1.82) is 0 Å². The first kappa shape index (κ1) is 17.1. The summed E-state index contributed by atoms with van der Waals surface area (Å²) in [6, 6.07) is 10.7. The molecule has 0 unspecified atom stereocenters. The Morgan fingerprint density at radius 2 is 1.96 bits per heavy atom. The molecule has 6 nitrogen and oxygen atoms in total. The fourth-order valence-corrected chi connectivity index (χ4v) is 2.94. The molecule has 1 aromatic carbocycles. The smallest absolute Gasteiger partial charge is 0.339 e. The van der Waals surface area contributed by atoms with E-state index in [1.807, 2.05) is 31.2 Å². The molecule has 0 spiro atoms. The van der Waals surface area contributed by atoms with Crippen LogP contribution in [0.25, 0.3) is 0 Å². The number of hydrogen-bond acceptors (Lipinski definition) is 4. The zero-order valence-corrected chi connectivity index (χ0v) is 14.5. The lowest BCUT2D eigenvalue weighted by atomic mass is 10.1. The Morgan fingerprint density at radius 3 is 2.64 bits per heavy atom. The molecular formula is C19H22N2O4. The molecule has 1 N–H and O–H groups in total. The van der Waals surface area contributed by atoms with Gasteiger partial charge in [-0.2, -0.15) is 0 Å². The molecule has 2 amide bonds. The van der Waals surface area contributed by atoms with Crippen LogP contribution in [0.3, 0.4) is 0 Å². The van der Waals surface area contributed by atoms with Crippen LogP contribution in [-0.2, 0) is 0 Å². The molecule has 0 radical (unpaired) electrons. The molecule has 1 aliphatic rings. The van der Waals surface area contributed by atoms with Crippen LogP contribution in [0.5, 0.6) is 5.75 Å². The maximum atomic E-state index is 12.4. The summed E-state index contributed by atoms with van der Waals surface area (Å²) in [5, 5.41) is 2.92. The van der Waals surface area contributed by atoms with Crippen LogP contribution in [-0.4, -0.2) is 30.1 Å². The molecule has 1 aliphatic heterocycles. The van der Waals surface area contributed by atoms with Crippen molar-refractivity contribution >= 4 is 11.7 Å². The fourth-order valence-electron chi connectivity index (χ4n) is 2.94. The van der Waals surface area contributed by atoms with E-state index in [0.717, 1.165) is 24.1 Å². The summed E-state index contributed by atoms with van der Waals surface area (Å²) in [6.07, 6.45) is 1.44. The van der Waals surface area contributed by atoms with Crippen LogP contribution >= 0.6 is 0 Å². The highest BCUT2D eigenvalue weighted by Crippen LogP contribution is 2.19. The van der Waals surface area contributed by atoms with E-state index in [1.165, 1.54) is 6.07 Å². The molecule has 25 heavy (non-hydrogen) atoms. The van der Waals surface area contributed by atoms with Gasteiger partial charge in [0.2, 0.25) is 0 Å². The largest absolute Gasteiger partial charge is 0.490 e. The van der Waals surface area contributed by atoms with Gasteiger partial charge in [-0.3, -0.25) is 0 Å². The van der Waals surface area contributed by atoms with E-state index < -0.39 is 5.63 Å². The van der Waals surface area contributed by atoms with Crippen molar-refractivity contribution < 1.29 is 13.9 Å². The monoisotopic (exact) mass is 342 g/mol. The average molecular weight is 342 g/mol. The minimum absolute atomic E-state index is 0.00998. The van der Waals surface area contributed by atoms with Crippen LogP contribution < -0.4 is 15.7 Å². The van der Waals surface area contributed by atoms with Gasteiger partial charge >= 0.3 is 11.7 Å². The zero-order valence-electron chi connectivity index (χ0n) is 14.5. The number of ether oxygens (including phenoxy) is 1. The predicted molar refractivity (Wildman–Crippen MR) is 95.1 cm³/mol. The average Bonchev–Trinajstić information content (AvgIpc) is 2.54. The van der Waals surface area contributed by atoms with Gasteiger partial charge < -0.3 is 19.4 Å². The molecule has 2 heterocycles. The van der Waals surface area contributed by atoms with E-state index in [9.17, 15) is 9.59 Å². The third-order valence-corrected chi connectivity index (χ3v) is 4.17. The summed E-state index contributed by atoms with van der Waals surface area (Å²) in [4.78, 5) is 25.5. The summed E-state index contributed by atoms with van der Waals surface area (Å²) in [6.45, 7) is 4.93. The van der Waals surface area contributed by atoms with E-state index in [1.54, 1.807) is 17.9 Å². The van der Waals surface area contributed by atoms with Gasteiger partial charge in [0.05, 0.1) is 6.07 Å². The summed E-state index contributed by atoms with van der Waals surface area (Å²) in [7, 11) is 0. The van der Waals surface area contributed by atoms with Crippen LogP contribution in [0.2, 0.25) is 0 Å². The number of carbonyl (C=O) groups is 1. The number of hydrogen-bond donors (Lipinski definition) is 1. The van der Waals surface area contributed by atoms with Gasteiger partial charge in [-0.25, -0.2) is 9.59 Å². The Hall–Kier alpha value is -2.76. The summed E-state index contributed by atoms with van der Waals surface area (Å²) in [5.41, 5.74) is 1.49. The number of likely N-dealkylation sites (tertiary alicyclic amines) is 1. The first-order valence-corrected chi connectivity index (χ1v) is 8.40. The second kappa shape index (κ2) is 7.42. The van der Waals surface area contributed by atoms with Crippen LogP contribution in [0, 0.1) is 13.8 Å². The van der Waals surface area contributed by atoms with Crippen LogP contribution in [0.4, 0.5) is 10.5 Å². The van der Waals surface area contributed by atoms with E-state index >= 15 is 0 Å². The molecular weight excluding hydrogens is 320 g/mol. The van der Waals surface area contributed by atoms with E-state index in [4.69, 9.17) is 9.15 Å². The molecule has 1 aromatic heterocycles. The molecule has 3 rings (SSSR count). The van der Waals surface area contributed by atoms with Gasteiger partial charge in [0, 0.05) is 37.7 Å². The Bertz CT molecular complexity index is 807. The summed E-state index contributed by atoms with van der Waals surface area (Å²) in [5.74, 6) is 1.05. The number of urea groups is 1. The van der Waals surface area contributed by atoms with Crippen molar-refractivity contribution in [3.05, 3.63) is 58.1 Å². The van der Waals surface area contributed by atoms with Crippen molar-refractivity contribution in [3.8, 4) is 5.75 Å². The topological polar surface area (TPSA) is 71.8 Å². The number of benzene rings is 1. The van der Waals surface area contributed by atoms with Crippen LogP contribution in [0.15, 0.2) is 45.6 Å². The van der Waals surface area contributed by atoms with Gasteiger partial charge in [-0.15, -0.1) is 0 Å². The van der Waals surface area contributed by atoms with Crippen LogP contribution in [0.1, 0.15) is 24.2 Å². The van der Waals surface area contributed by atoms with E-state index in [0.29, 0.717) is 24.6 Å². The first-order valence-electron chi connectivity index (χ1n) is 8.40. The number of aryl methyl sites for hydroxylation is 2. The third kappa shape index (κ3) is 4.62. The maximum absolute atomic E-state index is 12.4. The molecule has 0 aliphatic carbocycles. The highest BCUT2D eigenvalue weighted by atomic mass is 16.5. The lowest BCUT2D eigenvalue weighted by Gasteiger charge is -2.32. The third-order valence-electron chi connectivity index (χ3n) is 4.17. The first-order chi connectivity index (χ1) is 12.0. The molecule has 0 bridgehead atoms. The maximum Gasteiger partial charge on any atom is 0.339 e. The second-order valence-corrected chi connectivity index (χ2v) is 6.33. The number of carbonyl (C=O) groups excluding carboxylic acids is 1. The zero-order chi connectivity index (χ0) is 17.8. The Morgan fingerprint density at radius 1 is 1.20 bits per heavy atom. The molecule has 132 valence electrons. The quantitative estimate of drug-likeness (QED) is 0.929. The molecule has 2 aromatic rings. The normalized spacial score (nSPS) is 15.0. The van der Waals surface area contributed by atoms with Crippen molar-refractivity contribution in [3.63, 3.8) is 0 Å². The highest BCUT2D eigenvalue weighted by Gasteiger charge is 2.24. The van der Waals surface area contributed by atoms with Crippen molar-refractivity contribution in [2.75, 3.05) is 18.4 Å². The van der Waals surface area contributed by atoms with Gasteiger partial charge in [0.25, 0.3) is 0 Å². The molecule has 6 heteroatoms. The Balaban J connectivity index is 1.52. The number of nitrogens with one attached hydrogen (secondary N) is 1. The number of anilines is 1.